The first-order valence-electron chi connectivity index (χ1n) is 9.94. The fraction of sp³-hybridized carbons (Fsp3) is 0.609. The zero-order valence-electron chi connectivity index (χ0n) is 21.5. The summed E-state index contributed by atoms with van der Waals surface area (Å²) in [7, 11) is 12.3. The lowest BCUT2D eigenvalue weighted by molar-refractivity contribution is -0.870. The molecule has 0 saturated carbocycles. The van der Waals surface area contributed by atoms with Gasteiger partial charge >= 0.3 is 11.9 Å². The van der Waals surface area contributed by atoms with Crippen LogP contribution in [0.4, 0.5) is 0 Å². The van der Waals surface area contributed by atoms with Crippen molar-refractivity contribution in [2.24, 2.45) is 0 Å². The average Bonchev–Trinajstić information content (AvgIpc) is 2.59. The van der Waals surface area contributed by atoms with Gasteiger partial charge in [-0.15, -0.1) is 0 Å². The summed E-state index contributed by atoms with van der Waals surface area (Å²) in [6.07, 6.45) is 1.50. The molecule has 0 heterocycles. The number of halogens is 1. The van der Waals surface area contributed by atoms with Gasteiger partial charge in [-0.05, 0) is 33.3 Å². The summed E-state index contributed by atoms with van der Waals surface area (Å²) in [6.45, 7) is 16.0. The number of hydrogen-bond donors (Lipinski definition) is 0. The van der Waals surface area contributed by atoms with Gasteiger partial charge in [-0.2, -0.15) is 0 Å². The van der Waals surface area contributed by atoms with Crippen LogP contribution >= 0.6 is 0 Å². The molecule has 0 aliphatic rings. The highest BCUT2D eigenvalue weighted by molar-refractivity contribution is 5.87. The molecule has 0 aliphatic carbocycles. The minimum Gasteiger partial charge on any atom is -1.00 e. The Balaban J connectivity index is -0.000000188. The van der Waals surface area contributed by atoms with E-state index in [1.165, 1.54) is 13.0 Å². The van der Waals surface area contributed by atoms with Crippen LogP contribution < -0.4 is 17.5 Å². The van der Waals surface area contributed by atoms with Gasteiger partial charge in [0.2, 0.25) is 0 Å². The summed E-state index contributed by atoms with van der Waals surface area (Å²) in [5.74, 6) is -1.70. The van der Waals surface area contributed by atoms with Gasteiger partial charge in [-0.25, -0.2) is 9.59 Å². The molecular formula is C23H43ClN2O6. The molecule has 0 N–H and O–H groups in total. The Bertz CT molecular complexity index is 602. The van der Waals surface area contributed by atoms with Gasteiger partial charge in [0, 0.05) is 11.1 Å². The maximum atomic E-state index is 10.9. The summed E-state index contributed by atoms with van der Waals surface area (Å²) in [5.41, 5.74) is 1.19. The van der Waals surface area contributed by atoms with E-state index in [1.807, 2.05) is 0 Å². The number of carbonyl (C=O) groups excluding carboxylic acids is 3. The quantitative estimate of drug-likeness (QED) is 0.223. The Hall–Kier alpha value is -2.16. The standard InChI is InChI=1S/2C9H18NO2.C5H8O2.ClH/c2*1-8(2)9(11)12-7-6-10(3,4)5;1-3-4(2)5(6)7;/h2*1,6-7H2,2-5H3;3H,1-2H3,(H,6,7);1H/q2*+1;;/p-2. The molecule has 188 valence electrons. The van der Waals surface area contributed by atoms with E-state index in [0.717, 1.165) is 22.1 Å². The van der Waals surface area contributed by atoms with Crippen LogP contribution in [-0.2, 0) is 23.9 Å². The number of allylic oxidation sites excluding steroid dienone is 1. The van der Waals surface area contributed by atoms with Gasteiger partial charge in [0.25, 0.3) is 0 Å². The smallest absolute Gasteiger partial charge is 0.333 e. The lowest BCUT2D eigenvalue weighted by atomic mass is 10.3. The van der Waals surface area contributed by atoms with Crippen molar-refractivity contribution in [1.82, 2.24) is 0 Å². The number of ether oxygens (including phenoxy) is 2. The van der Waals surface area contributed by atoms with Crippen molar-refractivity contribution in [2.45, 2.75) is 27.7 Å². The van der Waals surface area contributed by atoms with E-state index in [1.54, 1.807) is 20.8 Å². The number of esters is 2. The molecule has 0 bridgehead atoms. The van der Waals surface area contributed by atoms with E-state index in [0.29, 0.717) is 24.4 Å². The topological polar surface area (TPSA) is 92.7 Å². The molecule has 0 saturated heterocycles. The highest BCUT2D eigenvalue weighted by atomic mass is 35.5. The lowest BCUT2D eigenvalue weighted by Crippen LogP contribution is -3.00. The molecule has 32 heavy (non-hydrogen) atoms. The average molecular weight is 479 g/mol. The van der Waals surface area contributed by atoms with Crippen molar-refractivity contribution in [3.8, 4) is 0 Å². The second-order valence-electron chi connectivity index (χ2n) is 9.12. The zero-order valence-corrected chi connectivity index (χ0v) is 22.3. The summed E-state index contributed by atoms with van der Waals surface area (Å²) >= 11 is 0. The number of carboxylic acid groups (broad SMARTS) is 1. The molecule has 0 aromatic heterocycles. The summed E-state index contributed by atoms with van der Waals surface area (Å²) in [4.78, 5) is 31.6. The molecule has 0 rings (SSSR count). The predicted molar refractivity (Wildman–Crippen MR) is 122 cm³/mol. The maximum Gasteiger partial charge on any atom is 0.333 e. The Morgan fingerprint density at radius 1 is 0.781 bits per heavy atom. The number of nitrogens with zero attached hydrogens (tertiary/aromatic N) is 2. The summed E-state index contributed by atoms with van der Waals surface area (Å²) in [6, 6.07) is 0. The number of rotatable bonds is 9. The first-order chi connectivity index (χ1) is 13.8. The molecule has 9 heteroatoms. The van der Waals surface area contributed by atoms with Crippen molar-refractivity contribution in [2.75, 3.05) is 68.6 Å². The highest BCUT2D eigenvalue weighted by Crippen LogP contribution is 1.95. The van der Waals surface area contributed by atoms with Crippen LogP contribution in [0.5, 0.6) is 0 Å². The maximum absolute atomic E-state index is 10.9. The molecule has 0 amide bonds. The number of hydrogen-bond acceptors (Lipinski definition) is 6. The molecule has 0 aliphatic heterocycles. The minimum absolute atomic E-state index is 0. The van der Waals surface area contributed by atoms with Crippen LogP contribution in [0, 0.1) is 0 Å². The van der Waals surface area contributed by atoms with E-state index in [-0.39, 0.29) is 29.9 Å². The van der Waals surface area contributed by atoms with Gasteiger partial charge in [-0.1, -0.05) is 19.2 Å². The van der Waals surface area contributed by atoms with Crippen molar-refractivity contribution in [3.63, 3.8) is 0 Å². The van der Waals surface area contributed by atoms with E-state index in [4.69, 9.17) is 9.47 Å². The van der Waals surface area contributed by atoms with Gasteiger partial charge in [0.15, 0.2) is 0 Å². The molecule has 8 nitrogen and oxygen atoms in total. The normalized spacial score (nSPS) is 10.8. The first kappa shape index (κ1) is 37.2. The van der Waals surface area contributed by atoms with Crippen LogP contribution in [0.15, 0.2) is 36.0 Å². The predicted octanol–water partition coefficient (Wildman–Crippen LogP) is -1.67. The van der Waals surface area contributed by atoms with Crippen LogP contribution in [0.25, 0.3) is 0 Å². The van der Waals surface area contributed by atoms with Gasteiger partial charge in [0.05, 0.1) is 48.3 Å². The van der Waals surface area contributed by atoms with Gasteiger partial charge in [0.1, 0.15) is 26.3 Å². The zero-order chi connectivity index (χ0) is 25.4. The van der Waals surface area contributed by atoms with E-state index in [9.17, 15) is 19.5 Å². The molecule has 0 aromatic carbocycles. The van der Waals surface area contributed by atoms with E-state index < -0.39 is 5.97 Å². The Labute approximate surface area is 200 Å². The number of aliphatic carboxylic acids is 1. The number of carbonyl (C=O) groups is 3. The van der Waals surface area contributed by atoms with Crippen LogP contribution in [0.3, 0.4) is 0 Å². The molecule has 0 radical (unpaired) electrons. The molecule has 0 atom stereocenters. The third-order valence-corrected chi connectivity index (χ3v) is 3.44. The third kappa shape index (κ3) is 30.0. The second-order valence-corrected chi connectivity index (χ2v) is 9.12. The Morgan fingerprint density at radius 2 is 1.06 bits per heavy atom. The van der Waals surface area contributed by atoms with Crippen molar-refractivity contribution < 1.29 is 50.3 Å². The SMILES string of the molecule is C=C(C)C(=O)OCC[N+](C)(C)C.C=C(C)C(=O)OCC[N+](C)(C)C.CC=C(C)C(=O)[O-].[Cl-]. The highest BCUT2D eigenvalue weighted by Gasteiger charge is 2.10. The molecule has 0 unspecified atom stereocenters. The van der Waals surface area contributed by atoms with E-state index >= 15 is 0 Å². The lowest BCUT2D eigenvalue weighted by Gasteiger charge is -2.23. The molecule has 0 fully saturated rings. The largest absolute Gasteiger partial charge is 1.00 e. The molecule has 0 aromatic rings. The minimum atomic E-state index is -1.09. The number of quaternary nitrogens is 2. The van der Waals surface area contributed by atoms with Crippen molar-refractivity contribution in [3.05, 3.63) is 36.0 Å². The van der Waals surface area contributed by atoms with Gasteiger partial charge in [-0.3, -0.25) is 0 Å². The fourth-order valence-electron chi connectivity index (χ4n) is 1.19. The van der Waals surface area contributed by atoms with Crippen molar-refractivity contribution in [1.29, 1.82) is 0 Å². The third-order valence-electron chi connectivity index (χ3n) is 3.44. The number of likely N-dealkylation sites (N-methyl/N-ethyl adjacent to an activating group) is 2. The monoisotopic (exact) mass is 478 g/mol. The fourth-order valence-corrected chi connectivity index (χ4v) is 1.19. The van der Waals surface area contributed by atoms with Crippen LogP contribution in [0.2, 0.25) is 0 Å². The Morgan fingerprint density at radius 3 is 1.19 bits per heavy atom. The van der Waals surface area contributed by atoms with Gasteiger partial charge < -0.3 is 40.7 Å². The first-order valence-corrected chi connectivity index (χ1v) is 9.94. The summed E-state index contributed by atoms with van der Waals surface area (Å²) in [5, 5.41) is 9.75. The molecule has 0 spiro atoms. The second kappa shape index (κ2) is 18.4. The molecular weight excluding hydrogens is 436 g/mol. The number of carboxylic acids is 1. The van der Waals surface area contributed by atoms with E-state index in [2.05, 4.69) is 55.4 Å². The van der Waals surface area contributed by atoms with Crippen LogP contribution in [0.1, 0.15) is 27.7 Å². The van der Waals surface area contributed by atoms with Crippen LogP contribution in [-0.4, -0.2) is 95.5 Å². The summed E-state index contributed by atoms with van der Waals surface area (Å²) < 4.78 is 11.4. The van der Waals surface area contributed by atoms with Crippen molar-refractivity contribution >= 4 is 17.9 Å². The Kier molecular flexibility index (Phi) is 21.4.